The van der Waals surface area contributed by atoms with Crippen molar-refractivity contribution in [2.45, 2.75) is 70.8 Å². The van der Waals surface area contributed by atoms with Crippen LogP contribution < -0.4 is 5.32 Å². The number of rotatable bonds is 5. The van der Waals surface area contributed by atoms with Gasteiger partial charge in [-0.05, 0) is 57.1 Å². The molecule has 0 unspecified atom stereocenters. The van der Waals surface area contributed by atoms with E-state index in [-0.39, 0.29) is 17.6 Å². The number of likely N-dealkylation sites (tertiary alicyclic amines) is 1. The third-order valence-electron chi connectivity index (χ3n) is 6.67. The highest BCUT2D eigenvalue weighted by atomic mass is 19.1. The molecule has 32 heavy (non-hydrogen) atoms. The van der Waals surface area contributed by atoms with E-state index in [9.17, 15) is 14.0 Å². The number of piperidine rings is 1. The lowest BCUT2D eigenvalue weighted by Crippen LogP contribution is -2.40. The maximum absolute atomic E-state index is 13.9. The molecule has 2 aromatic rings. The Morgan fingerprint density at radius 1 is 1.09 bits per heavy atom. The lowest BCUT2D eigenvalue weighted by molar-refractivity contribution is -0.136. The van der Waals surface area contributed by atoms with Crippen molar-refractivity contribution in [3.63, 3.8) is 0 Å². The average Bonchev–Trinajstić information content (AvgIpc) is 2.81. The lowest BCUT2D eigenvalue weighted by atomic mass is 9.86. The summed E-state index contributed by atoms with van der Waals surface area (Å²) < 4.78 is 13.9. The van der Waals surface area contributed by atoms with Crippen LogP contribution in [0, 0.1) is 18.7 Å². The van der Waals surface area contributed by atoms with Crippen LogP contribution in [0.25, 0.3) is 0 Å². The first-order chi connectivity index (χ1) is 15.5. The number of nitrogens with one attached hydrogen (secondary N) is 1. The number of amides is 2. The second-order valence-corrected chi connectivity index (χ2v) is 8.97. The van der Waals surface area contributed by atoms with E-state index in [1.165, 1.54) is 37.6 Å². The summed E-state index contributed by atoms with van der Waals surface area (Å²) in [4.78, 5) is 36.8. The van der Waals surface area contributed by atoms with E-state index in [2.05, 4.69) is 15.3 Å². The standard InChI is InChI=1S/C25H31FN4O2/c1-17-19(25(32)29-21-12-6-5-11-20(21)26)16-27-24(28-17)22-13-7-8-14-30(22)23(31)15-18-9-3-2-4-10-18/h5-6,11-12,16,18,22H,2-4,7-10,13-15H2,1H3,(H,29,32)/t22-/m0/s1. The molecule has 1 atom stereocenters. The lowest BCUT2D eigenvalue weighted by Gasteiger charge is -2.36. The summed E-state index contributed by atoms with van der Waals surface area (Å²) >= 11 is 0. The van der Waals surface area contributed by atoms with Gasteiger partial charge in [-0.3, -0.25) is 9.59 Å². The molecule has 0 spiro atoms. The van der Waals surface area contributed by atoms with E-state index in [1.807, 2.05) is 4.90 Å². The number of nitrogens with zero attached hydrogens (tertiary/aromatic N) is 3. The van der Waals surface area contributed by atoms with E-state index < -0.39 is 11.7 Å². The molecule has 1 saturated carbocycles. The number of anilines is 1. The number of carbonyl (C=O) groups is 2. The van der Waals surface area contributed by atoms with Crippen molar-refractivity contribution < 1.29 is 14.0 Å². The van der Waals surface area contributed by atoms with Crippen LogP contribution in [0.4, 0.5) is 10.1 Å². The van der Waals surface area contributed by atoms with E-state index in [4.69, 9.17) is 0 Å². The molecule has 1 aliphatic carbocycles. The van der Waals surface area contributed by atoms with Crippen molar-refractivity contribution in [3.8, 4) is 0 Å². The van der Waals surface area contributed by atoms with Gasteiger partial charge in [0.15, 0.2) is 5.82 Å². The molecular formula is C25H31FN4O2. The summed E-state index contributed by atoms with van der Waals surface area (Å²) in [6.07, 6.45) is 11.0. The van der Waals surface area contributed by atoms with Crippen LogP contribution in [0.3, 0.4) is 0 Å². The highest BCUT2D eigenvalue weighted by Crippen LogP contribution is 2.33. The quantitative estimate of drug-likeness (QED) is 0.696. The van der Waals surface area contributed by atoms with Crippen LogP contribution in [0.15, 0.2) is 30.5 Å². The van der Waals surface area contributed by atoms with Gasteiger partial charge in [-0.2, -0.15) is 0 Å². The van der Waals surface area contributed by atoms with Crippen molar-refractivity contribution in [2.75, 3.05) is 11.9 Å². The number of halogens is 1. The number of benzene rings is 1. The first kappa shape index (κ1) is 22.4. The zero-order chi connectivity index (χ0) is 22.5. The van der Waals surface area contributed by atoms with Gasteiger partial charge in [-0.15, -0.1) is 0 Å². The zero-order valence-electron chi connectivity index (χ0n) is 18.6. The molecule has 4 rings (SSSR count). The summed E-state index contributed by atoms with van der Waals surface area (Å²) in [5.74, 6) is 0.329. The third kappa shape index (κ3) is 5.14. The predicted octanol–water partition coefficient (Wildman–Crippen LogP) is 5.20. The van der Waals surface area contributed by atoms with Crippen molar-refractivity contribution >= 4 is 17.5 Å². The van der Waals surface area contributed by atoms with Gasteiger partial charge in [0.1, 0.15) is 5.82 Å². The molecule has 2 amide bonds. The molecule has 1 aliphatic heterocycles. The maximum atomic E-state index is 13.9. The van der Waals surface area contributed by atoms with Gasteiger partial charge < -0.3 is 10.2 Å². The fourth-order valence-corrected chi connectivity index (χ4v) is 4.87. The predicted molar refractivity (Wildman–Crippen MR) is 121 cm³/mol. The molecule has 170 valence electrons. The minimum atomic E-state index is -0.495. The van der Waals surface area contributed by atoms with Crippen LogP contribution in [0.1, 0.15) is 85.7 Å². The Morgan fingerprint density at radius 2 is 1.84 bits per heavy atom. The first-order valence-corrected chi connectivity index (χ1v) is 11.7. The second kappa shape index (κ2) is 10.2. The molecule has 1 aromatic carbocycles. The summed E-state index contributed by atoms with van der Waals surface area (Å²) in [5, 5.41) is 2.58. The van der Waals surface area contributed by atoms with Crippen molar-refractivity contribution in [3.05, 3.63) is 53.4 Å². The van der Waals surface area contributed by atoms with E-state index in [0.29, 0.717) is 29.4 Å². The Balaban J connectivity index is 1.48. The second-order valence-electron chi connectivity index (χ2n) is 8.97. The smallest absolute Gasteiger partial charge is 0.259 e. The molecule has 2 heterocycles. The Labute approximate surface area is 188 Å². The summed E-state index contributed by atoms with van der Waals surface area (Å²) in [5.41, 5.74) is 0.940. The largest absolute Gasteiger partial charge is 0.332 e. The van der Waals surface area contributed by atoms with Gasteiger partial charge in [-0.25, -0.2) is 14.4 Å². The molecule has 7 heteroatoms. The van der Waals surface area contributed by atoms with Crippen molar-refractivity contribution in [2.24, 2.45) is 5.92 Å². The highest BCUT2D eigenvalue weighted by Gasteiger charge is 2.32. The summed E-state index contributed by atoms with van der Waals surface area (Å²) in [6, 6.07) is 5.88. The average molecular weight is 439 g/mol. The molecule has 2 fully saturated rings. The minimum absolute atomic E-state index is 0.118. The molecule has 1 saturated heterocycles. The summed E-state index contributed by atoms with van der Waals surface area (Å²) in [7, 11) is 0. The van der Waals surface area contributed by atoms with Gasteiger partial charge >= 0.3 is 0 Å². The zero-order valence-corrected chi connectivity index (χ0v) is 18.6. The van der Waals surface area contributed by atoms with Crippen LogP contribution in [-0.2, 0) is 4.79 Å². The molecular weight excluding hydrogens is 407 g/mol. The fraction of sp³-hybridized carbons (Fsp3) is 0.520. The van der Waals surface area contributed by atoms with E-state index >= 15 is 0 Å². The number of para-hydroxylation sites is 1. The highest BCUT2D eigenvalue weighted by molar-refractivity contribution is 6.04. The normalized spacial score (nSPS) is 19.6. The maximum Gasteiger partial charge on any atom is 0.259 e. The Hall–Kier alpha value is -2.83. The van der Waals surface area contributed by atoms with E-state index in [1.54, 1.807) is 19.1 Å². The molecule has 6 nitrogen and oxygen atoms in total. The first-order valence-electron chi connectivity index (χ1n) is 11.7. The number of aromatic nitrogens is 2. The Bertz CT molecular complexity index is 974. The molecule has 2 aliphatic rings. The van der Waals surface area contributed by atoms with Gasteiger partial charge in [-0.1, -0.05) is 31.4 Å². The topological polar surface area (TPSA) is 75.2 Å². The number of carbonyl (C=O) groups excluding carboxylic acids is 2. The summed E-state index contributed by atoms with van der Waals surface area (Å²) in [6.45, 7) is 2.48. The van der Waals surface area contributed by atoms with Crippen LogP contribution in [0.2, 0.25) is 0 Å². The SMILES string of the molecule is Cc1nc([C@@H]2CCCCN2C(=O)CC2CCCCC2)ncc1C(=O)Nc1ccccc1F. The van der Waals surface area contributed by atoms with Crippen molar-refractivity contribution in [1.29, 1.82) is 0 Å². The third-order valence-corrected chi connectivity index (χ3v) is 6.67. The monoisotopic (exact) mass is 438 g/mol. The van der Waals surface area contributed by atoms with Crippen molar-refractivity contribution in [1.82, 2.24) is 14.9 Å². The minimum Gasteiger partial charge on any atom is -0.332 e. The number of hydrogen-bond donors (Lipinski definition) is 1. The van der Waals surface area contributed by atoms with Gasteiger partial charge in [0.05, 0.1) is 23.0 Å². The molecule has 1 N–H and O–H groups in total. The number of aryl methyl sites for hydroxylation is 1. The van der Waals surface area contributed by atoms with E-state index in [0.717, 1.165) is 38.6 Å². The number of hydrogen-bond acceptors (Lipinski definition) is 4. The molecule has 0 bridgehead atoms. The molecule has 1 aromatic heterocycles. The van der Waals surface area contributed by atoms with Crippen LogP contribution >= 0.6 is 0 Å². The Morgan fingerprint density at radius 3 is 2.59 bits per heavy atom. The van der Waals surface area contributed by atoms with Gasteiger partial charge in [0, 0.05) is 19.2 Å². The molecule has 0 radical (unpaired) electrons. The van der Waals surface area contributed by atoms with Gasteiger partial charge in [0.25, 0.3) is 5.91 Å². The fourth-order valence-electron chi connectivity index (χ4n) is 4.87. The van der Waals surface area contributed by atoms with Crippen LogP contribution in [0.5, 0.6) is 0 Å². The van der Waals surface area contributed by atoms with Gasteiger partial charge in [0.2, 0.25) is 5.91 Å². The Kier molecular flexibility index (Phi) is 7.12. The van der Waals surface area contributed by atoms with Crippen LogP contribution in [-0.4, -0.2) is 33.2 Å².